The lowest BCUT2D eigenvalue weighted by molar-refractivity contribution is 0.0683. The average molecular weight is 301 g/mol. The van der Waals surface area contributed by atoms with Gasteiger partial charge in [0.1, 0.15) is 11.3 Å². The molecular weight excluding hydrogens is 290 g/mol. The van der Waals surface area contributed by atoms with E-state index in [1.54, 1.807) is 0 Å². The minimum atomic E-state index is -1.35. The van der Waals surface area contributed by atoms with Crippen molar-refractivity contribution in [3.8, 4) is 5.75 Å². The molecule has 2 rings (SSSR count). The molecule has 0 saturated carbocycles. The van der Waals surface area contributed by atoms with Gasteiger partial charge in [-0.2, -0.15) is 0 Å². The van der Waals surface area contributed by atoms with Gasteiger partial charge in [-0.3, -0.25) is 4.79 Å². The van der Waals surface area contributed by atoms with Gasteiger partial charge in [0.05, 0.1) is 11.1 Å². The normalized spacial score (nSPS) is 10.0. The molecule has 112 valence electrons. The molecule has 0 radical (unpaired) electrons. The van der Waals surface area contributed by atoms with Crippen LogP contribution in [0.4, 0.5) is 5.69 Å². The highest BCUT2D eigenvalue weighted by atomic mass is 16.4. The summed E-state index contributed by atoms with van der Waals surface area (Å²) in [6.45, 7) is 0. The Bertz CT molecular complexity index is 768. The van der Waals surface area contributed by atoms with E-state index in [9.17, 15) is 19.5 Å². The summed E-state index contributed by atoms with van der Waals surface area (Å²) in [4.78, 5) is 34.1. The number of hydrogen-bond acceptors (Lipinski definition) is 4. The van der Waals surface area contributed by atoms with Crippen molar-refractivity contribution in [2.45, 2.75) is 0 Å². The summed E-state index contributed by atoms with van der Waals surface area (Å²) < 4.78 is 0. The van der Waals surface area contributed by atoms with Gasteiger partial charge in [-0.25, -0.2) is 9.59 Å². The molecule has 0 spiro atoms. The van der Waals surface area contributed by atoms with Gasteiger partial charge < -0.3 is 20.6 Å². The van der Waals surface area contributed by atoms with Crippen LogP contribution in [0.5, 0.6) is 5.75 Å². The van der Waals surface area contributed by atoms with Gasteiger partial charge in [0.25, 0.3) is 5.91 Å². The molecule has 0 aliphatic heterocycles. The number of carboxylic acid groups (broad SMARTS) is 2. The smallest absolute Gasteiger partial charge is 0.339 e. The number of amides is 1. The SMILES string of the molecule is O=C(O)c1cc(NC(=O)c2ccccc2C(=O)O)ccc1O. The van der Waals surface area contributed by atoms with Crippen LogP contribution >= 0.6 is 0 Å². The van der Waals surface area contributed by atoms with Crippen molar-refractivity contribution in [2.24, 2.45) is 0 Å². The van der Waals surface area contributed by atoms with E-state index in [1.165, 1.54) is 30.3 Å². The molecule has 2 aromatic carbocycles. The van der Waals surface area contributed by atoms with Crippen LogP contribution in [0, 0.1) is 0 Å². The van der Waals surface area contributed by atoms with Gasteiger partial charge in [0, 0.05) is 5.69 Å². The predicted molar refractivity (Wildman–Crippen MR) is 76.4 cm³/mol. The van der Waals surface area contributed by atoms with Gasteiger partial charge in [-0.05, 0) is 30.3 Å². The van der Waals surface area contributed by atoms with E-state index in [1.807, 2.05) is 0 Å². The molecule has 7 heteroatoms. The lowest BCUT2D eigenvalue weighted by atomic mass is 10.1. The molecular formula is C15H11NO6. The summed E-state index contributed by atoms with van der Waals surface area (Å²) in [5, 5.41) is 29.8. The Kier molecular flexibility index (Phi) is 4.08. The van der Waals surface area contributed by atoms with E-state index >= 15 is 0 Å². The van der Waals surface area contributed by atoms with Crippen LogP contribution < -0.4 is 5.32 Å². The highest BCUT2D eigenvalue weighted by molar-refractivity contribution is 6.11. The molecule has 22 heavy (non-hydrogen) atoms. The molecule has 0 aromatic heterocycles. The van der Waals surface area contributed by atoms with Crippen LogP contribution in [0.1, 0.15) is 31.1 Å². The zero-order valence-electron chi connectivity index (χ0n) is 11.1. The Labute approximate surface area is 124 Å². The standard InChI is InChI=1S/C15H11NO6/c17-12-6-5-8(7-11(12)15(21)22)16-13(18)9-3-1-2-4-10(9)14(19)20/h1-7,17H,(H,16,18)(H,19,20)(H,21,22). The summed E-state index contributed by atoms with van der Waals surface area (Å²) in [6, 6.07) is 9.16. The second kappa shape index (κ2) is 5.96. The van der Waals surface area contributed by atoms with Crippen molar-refractivity contribution in [2.75, 3.05) is 5.32 Å². The molecule has 0 aliphatic rings. The summed E-state index contributed by atoms with van der Waals surface area (Å²) in [7, 11) is 0. The molecule has 4 N–H and O–H groups in total. The van der Waals surface area contributed by atoms with E-state index < -0.39 is 23.6 Å². The Morgan fingerprint density at radius 1 is 0.818 bits per heavy atom. The third kappa shape index (κ3) is 3.04. The Hall–Kier alpha value is -3.35. The van der Waals surface area contributed by atoms with Crippen molar-refractivity contribution < 1.29 is 29.7 Å². The first-order valence-electron chi connectivity index (χ1n) is 6.10. The number of benzene rings is 2. The minimum absolute atomic E-state index is 0.0556. The summed E-state index contributed by atoms with van der Waals surface area (Å²) in [6.07, 6.45) is 0. The molecule has 0 heterocycles. The maximum absolute atomic E-state index is 12.1. The third-order valence-corrected chi connectivity index (χ3v) is 2.89. The van der Waals surface area contributed by atoms with Crippen LogP contribution in [-0.4, -0.2) is 33.2 Å². The van der Waals surface area contributed by atoms with E-state index in [4.69, 9.17) is 10.2 Å². The van der Waals surface area contributed by atoms with E-state index in [-0.39, 0.29) is 22.4 Å². The second-order valence-corrected chi connectivity index (χ2v) is 4.34. The first-order valence-corrected chi connectivity index (χ1v) is 6.10. The molecule has 0 saturated heterocycles. The number of carbonyl (C=O) groups is 3. The van der Waals surface area contributed by atoms with Gasteiger partial charge in [0.2, 0.25) is 0 Å². The zero-order chi connectivity index (χ0) is 16.3. The topological polar surface area (TPSA) is 124 Å². The van der Waals surface area contributed by atoms with Crippen molar-refractivity contribution in [1.82, 2.24) is 0 Å². The number of aromatic carboxylic acids is 2. The molecule has 7 nitrogen and oxygen atoms in total. The number of carbonyl (C=O) groups excluding carboxylic acids is 1. The third-order valence-electron chi connectivity index (χ3n) is 2.89. The summed E-state index contributed by atoms with van der Waals surface area (Å²) in [5.41, 5.74) is -0.470. The van der Waals surface area contributed by atoms with Crippen LogP contribution in [-0.2, 0) is 0 Å². The molecule has 0 aliphatic carbocycles. The van der Waals surface area contributed by atoms with Crippen LogP contribution in [0.3, 0.4) is 0 Å². The number of aromatic hydroxyl groups is 1. The quantitative estimate of drug-likeness (QED) is 0.641. The molecule has 2 aromatic rings. The fourth-order valence-electron chi connectivity index (χ4n) is 1.85. The van der Waals surface area contributed by atoms with Crippen LogP contribution in [0.25, 0.3) is 0 Å². The first-order chi connectivity index (χ1) is 10.4. The largest absolute Gasteiger partial charge is 0.507 e. The fourth-order valence-corrected chi connectivity index (χ4v) is 1.85. The highest BCUT2D eigenvalue weighted by Crippen LogP contribution is 2.22. The van der Waals surface area contributed by atoms with E-state index in [2.05, 4.69) is 5.32 Å². The Morgan fingerprint density at radius 2 is 1.41 bits per heavy atom. The highest BCUT2D eigenvalue weighted by Gasteiger charge is 2.17. The first kappa shape index (κ1) is 15.0. The van der Waals surface area contributed by atoms with Gasteiger partial charge in [-0.1, -0.05) is 12.1 Å². The van der Waals surface area contributed by atoms with Crippen LogP contribution in [0.2, 0.25) is 0 Å². The fraction of sp³-hybridized carbons (Fsp3) is 0. The van der Waals surface area contributed by atoms with Crippen molar-refractivity contribution >= 4 is 23.5 Å². The number of phenols is 1. The number of carboxylic acids is 2. The van der Waals surface area contributed by atoms with Crippen molar-refractivity contribution in [3.05, 3.63) is 59.2 Å². The zero-order valence-corrected chi connectivity index (χ0v) is 11.1. The van der Waals surface area contributed by atoms with Crippen LogP contribution in [0.15, 0.2) is 42.5 Å². The predicted octanol–water partition coefficient (Wildman–Crippen LogP) is 2.04. The molecule has 0 unspecified atom stereocenters. The summed E-state index contributed by atoms with van der Waals surface area (Å²) in [5.74, 6) is -3.72. The molecule has 0 atom stereocenters. The van der Waals surface area contributed by atoms with Crippen molar-refractivity contribution in [3.63, 3.8) is 0 Å². The lowest BCUT2D eigenvalue weighted by Crippen LogP contribution is -2.16. The Balaban J connectivity index is 2.32. The minimum Gasteiger partial charge on any atom is -0.507 e. The molecule has 0 fully saturated rings. The van der Waals surface area contributed by atoms with Gasteiger partial charge in [0.15, 0.2) is 0 Å². The summed E-state index contributed by atoms with van der Waals surface area (Å²) >= 11 is 0. The average Bonchev–Trinajstić information content (AvgIpc) is 2.48. The van der Waals surface area contributed by atoms with Gasteiger partial charge in [-0.15, -0.1) is 0 Å². The number of rotatable bonds is 4. The number of nitrogens with one attached hydrogen (secondary N) is 1. The van der Waals surface area contributed by atoms with Gasteiger partial charge >= 0.3 is 11.9 Å². The van der Waals surface area contributed by atoms with E-state index in [0.29, 0.717) is 0 Å². The van der Waals surface area contributed by atoms with Crippen molar-refractivity contribution in [1.29, 1.82) is 0 Å². The Morgan fingerprint density at radius 3 is 2.00 bits per heavy atom. The molecule has 1 amide bonds. The monoisotopic (exact) mass is 301 g/mol. The molecule has 0 bridgehead atoms. The van der Waals surface area contributed by atoms with E-state index in [0.717, 1.165) is 12.1 Å². The number of anilines is 1. The maximum atomic E-state index is 12.1. The number of hydrogen-bond donors (Lipinski definition) is 4. The lowest BCUT2D eigenvalue weighted by Gasteiger charge is -2.09. The second-order valence-electron chi connectivity index (χ2n) is 4.34. The maximum Gasteiger partial charge on any atom is 0.339 e.